The second-order valence-corrected chi connectivity index (χ2v) is 6.03. The van der Waals surface area contributed by atoms with Gasteiger partial charge in [-0.3, -0.25) is 18.5 Å². The molecule has 0 radical (unpaired) electrons. The molecule has 20 heavy (non-hydrogen) atoms. The van der Waals surface area contributed by atoms with E-state index in [9.17, 15) is 14.1 Å². The lowest BCUT2D eigenvalue weighted by Crippen LogP contribution is -2.37. The zero-order valence-electron chi connectivity index (χ0n) is 12.0. The highest BCUT2D eigenvalue weighted by atomic mass is 32.2. The number of nitrogens with zero attached hydrogens (tertiary/aromatic N) is 4. The van der Waals surface area contributed by atoms with E-state index in [0.29, 0.717) is 28.6 Å². The van der Waals surface area contributed by atoms with Crippen LogP contribution in [0.15, 0.2) is 14.7 Å². The van der Waals surface area contributed by atoms with Crippen LogP contribution in [0.3, 0.4) is 0 Å². The molecule has 1 atom stereocenters. The summed E-state index contributed by atoms with van der Waals surface area (Å²) in [5, 5.41) is 0.364. The van der Waals surface area contributed by atoms with E-state index in [1.54, 1.807) is 11.6 Å². The Bertz CT molecular complexity index is 759. The summed E-state index contributed by atoms with van der Waals surface area (Å²) in [4.78, 5) is 28.5. The van der Waals surface area contributed by atoms with Crippen molar-refractivity contribution in [3.63, 3.8) is 0 Å². The Morgan fingerprint density at radius 3 is 2.40 bits per heavy atom. The molecule has 0 aliphatic rings. The van der Waals surface area contributed by atoms with Gasteiger partial charge < -0.3 is 4.55 Å². The predicted molar refractivity (Wildman–Crippen MR) is 77.5 cm³/mol. The first-order valence-corrected chi connectivity index (χ1v) is 7.80. The molecule has 0 saturated heterocycles. The first-order valence-electron chi connectivity index (χ1n) is 6.48. The maximum atomic E-state index is 12.3. The zero-order chi connectivity index (χ0) is 15.0. The highest BCUT2D eigenvalue weighted by Crippen LogP contribution is 2.17. The summed E-state index contributed by atoms with van der Waals surface area (Å²) in [6.07, 6.45) is 0.760. The van der Waals surface area contributed by atoms with E-state index in [4.69, 9.17) is 0 Å². The zero-order valence-corrected chi connectivity index (χ0v) is 12.9. The van der Waals surface area contributed by atoms with Gasteiger partial charge in [0.15, 0.2) is 11.2 Å². The minimum absolute atomic E-state index is 0.291. The molecule has 2 heterocycles. The van der Waals surface area contributed by atoms with Crippen molar-refractivity contribution in [2.75, 3.05) is 5.75 Å². The lowest BCUT2D eigenvalue weighted by Gasteiger charge is -2.09. The number of hydrogen-bond acceptors (Lipinski definition) is 4. The van der Waals surface area contributed by atoms with Crippen LogP contribution in [0, 0.1) is 0 Å². The van der Waals surface area contributed by atoms with Crippen molar-refractivity contribution in [3.8, 4) is 0 Å². The summed E-state index contributed by atoms with van der Waals surface area (Å²) in [6, 6.07) is 0. The molecule has 0 bridgehead atoms. The van der Waals surface area contributed by atoms with Crippen molar-refractivity contribution in [3.05, 3.63) is 20.8 Å². The van der Waals surface area contributed by atoms with Crippen LogP contribution in [0.5, 0.6) is 0 Å². The Morgan fingerprint density at radius 1 is 1.20 bits per heavy atom. The lowest BCUT2D eigenvalue weighted by molar-refractivity contribution is 0.570. The Hall–Kier alpha value is -1.54. The van der Waals surface area contributed by atoms with Gasteiger partial charge in [0, 0.05) is 31.8 Å². The fraction of sp³-hybridized carbons (Fsp3) is 0.583. The van der Waals surface area contributed by atoms with Gasteiger partial charge >= 0.3 is 10.8 Å². The van der Waals surface area contributed by atoms with Crippen molar-refractivity contribution in [2.45, 2.75) is 32.0 Å². The molecule has 0 aliphatic carbocycles. The number of aryl methyl sites for hydroxylation is 2. The van der Waals surface area contributed by atoms with Crippen LogP contribution in [-0.2, 0) is 31.8 Å². The number of aromatic nitrogens is 4. The van der Waals surface area contributed by atoms with Crippen LogP contribution < -0.4 is 11.2 Å². The van der Waals surface area contributed by atoms with Gasteiger partial charge in [-0.25, -0.2) is 4.79 Å². The molecule has 110 valence electrons. The molecule has 2 aromatic heterocycles. The van der Waals surface area contributed by atoms with Crippen molar-refractivity contribution in [1.29, 1.82) is 0 Å². The molecule has 0 aromatic carbocycles. The third kappa shape index (κ3) is 2.08. The lowest BCUT2D eigenvalue weighted by atomic mass is 10.5. The summed E-state index contributed by atoms with van der Waals surface area (Å²) in [7, 11) is 2.99. The third-order valence-corrected chi connectivity index (χ3v) is 4.72. The molecule has 0 saturated carbocycles. The minimum Gasteiger partial charge on any atom is -0.609 e. The second kappa shape index (κ2) is 5.45. The average Bonchev–Trinajstić information content (AvgIpc) is 2.82. The molecule has 8 heteroatoms. The molecule has 2 aromatic rings. The SMILES string of the molecule is CCC[S+]([O-])c1nc2c(c(=O)n(C)c(=O)n2C)n1CC. The summed E-state index contributed by atoms with van der Waals surface area (Å²) < 4.78 is 16.2. The van der Waals surface area contributed by atoms with E-state index < -0.39 is 22.4 Å². The van der Waals surface area contributed by atoms with Crippen LogP contribution in [-0.4, -0.2) is 29.0 Å². The Morgan fingerprint density at radius 2 is 1.85 bits per heavy atom. The van der Waals surface area contributed by atoms with Crippen molar-refractivity contribution < 1.29 is 4.55 Å². The number of imidazole rings is 1. The van der Waals surface area contributed by atoms with Crippen LogP contribution in [0.2, 0.25) is 0 Å². The fourth-order valence-corrected chi connectivity index (χ4v) is 3.38. The molecule has 0 amide bonds. The first-order chi connectivity index (χ1) is 9.43. The van der Waals surface area contributed by atoms with Gasteiger partial charge in [0.1, 0.15) is 5.75 Å². The highest BCUT2D eigenvalue weighted by molar-refractivity contribution is 7.91. The molecule has 7 nitrogen and oxygen atoms in total. The smallest absolute Gasteiger partial charge is 0.332 e. The molecule has 0 N–H and O–H groups in total. The van der Waals surface area contributed by atoms with Gasteiger partial charge in [-0.2, -0.15) is 4.98 Å². The molecular weight excluding hydrogens is 280 g/mol. The van der Waals surface area contributed by atoms with Gasteiger partial charge in [-0.15, -0.1) is 0 Å². The van der Waals surface area contributed by atoms with Gasteiger partial charge in [-0.1, -0.05) is 6.92 Å². The van der Waals surface area contributed by atoms with Crippen LogP contribution in [0.1, 0.15) is 20.3 Å². The molecule has 0 spiro atoms. The second-order valence-electron chi connectivity index (χ2n) is 4.57. The van der Waals surface area contributed by atoms with Crippen LogP contribution in [0.25, 0.3) is 11.2 Å². The quantitative estimate of drug-likeness (QED) is 0.742. The van der Waals surface area contributed by atoms with Gasteiger partial charge in [0.25, 0.3) is 5.56 Å². The van der Waals surface area contributed by atoms with E-state index in [0.717, 1.165) is 11.0 Å². The topological polar surface area (TPSA) is 84.9 Å². The maximum absolute atomic E-state index is 12.3. The van der Waals surface area contributed by atoms with Crippen LogP contribution >= 0.6 is 0 Å². The van der Waals surface area contributed by atoms with E-state index in [2.05, 4.69) is 4.98 Å². The molecule has 0 aliphatic heterocycles. The van der Waals surface area contributed by atoms with Gasteiger partial charge in [-0.05, 0) is 13.3 Å². The summed E-state index contributed by atoms with van der Waals surface area (Å²) >= 11 is -1.27. The molecular formula is C12H18N4O3S. The standard InChI is InChI=1S/C12H18N4O3S/c1-5-7-20(19)11-13-9-8(16(11)6-2)10(17)15(4)12(18)14(9)3/h5-7H2,1-4H3. The minimum atomic E-state index is -1.27. The molecule has 1 unspecified atom stereocenters. The fourth-order valence-electron chi connectivity index (χ4n) is 2.17. The summed E-state index contributed by atoms with van der Waals surface area (Å²) in [5.74, 6) is 0.484. The largest absolute Gasteiger partial charge is 0.609 e. The van der Waals surface area contributed by atoms with E-state index >= 15 is 0 Å². The predicted octanol–water partition coefficient (Wildman–Crippen LogP) is -0.0288. The van der Waals surface area contributed by atoms with Gasteiger partial charge in [0.2, 0.25) is 0 Å². The van der Waals surface area contributed by atoms with E-state index in [1.807, 2.05) is 13.8 Å². The maximum Gasteiger partial charge on any atom is 0.332 e. The van der Waals surface area contributed by atoms with Crippen LogP contribution in [0.4, 0.5) is 0 Å². The number of fused-ring (bicyclic) bond motifs is 1. The highest BCUT2D eigenvalue weighted by Gasteiger charge is 2.25. The summed E-state index contributed by atoms with van der Waals surface area (Å²) in [6.45, 7) is 4.28. The normalized spacial score (nSPS) is 13.1. The third-order valence-electron chi connectivity index (χ3n) is 3.22. The Balaban J connectivity index is 2.88. The van der Waals surface area contributed by atoms with E-state index in [-0.39, 0.29) is 0 Å². The molecule has 2 rings (SSSR count). The first kappa shape index (κ1) is 14.9. The average molecular weight is 298 g/mol. The number of rotatable bonds is 4. The van der Waals surface area contributed by atoms with Crippen molar-refractivity contribution >= 4 is 22.3 Å². The van der Waals surface area contributed by atoms with Crippen molar-refractivity contribution in [2.24, 2.45) is 14.1 Å². The summed E-state index contributed by atoms with van der Waals surface area (Å²) in [5.41, 5.74) is -0.218. The molecule has 0 fully saturated rings. The number of hydrogen-bond donors (Lipinski definition) is 0. The van der Waals surface area contributed by atoms with Gasteiger partial charge in [0.05, 0.1) is 0 Å². The van der Waals surface area contributed by atoms with Crippen molar-refractivity contribution in [1.82, 2.24) is 18.7 Å². The Labute approximate surface area is 119 Å². The van der Waals surface area contributed by atoms with E-state index in [1.165, 1.54) is 11.6 Å². The monoisotopic (exact) mass is 298 g/mol. The Kier molecular flexibility index (Phi) is 4.05.